The van der Waals surface area contributed by atoms with Gasteiger partial charge in [0.2, 0.25) is 5.91 Å². The Balaban J connectivity index is 2.34. The Bertz CT molecular complexity index is 380. The fourth-order valence-electron chi connectivity index (χ4n) is 1.02. The molecular formula is C11H14N2O4. The molecule has 0 heterocycles. The first-order valence-corrected chi connectivity index (χ1v) is 5.01. The highest BCUT2D eigenvalue weighted by Crippen LogP contribution is 2.10. The summed E-state index contributed by atoms with van der Waals surface area (Å²) in [5.41, 5.74) is 6.90. The number of benzene rings is 1. The summed E-state index contributed by atoms with van der Waals surface area (Å²) in [7, 11) is 0. The first-order chi connectivity index (χ1) is 8.09. The molecule has 17 heavy (non-hydrogen) atoms. The van der Waals surface area contributed by atoms with Gasteiger partial charge in [-0.15, -0.1) is 0 Å². The van der Waals surface area contributed by atoms with Gasteiger partial charge in [-0.3, -0.25) is 14.4 Å². The predicted molar refractivity (Wildman–Crippen MR) is 59.8 cm³/mol. The number of carbonyl (C=O) groups excluding carboxylic acids is 2. The van der Waals surface area contributed by atoms with E-state index in [2.05, 4.69) is 10.3 Å². The third-order valence-corrected chi connectivity index (χ3v) is 1.81. The highest BCUT2D eigenvalue weighted by Gasteiger charge is 2.14. The lowest BCUT2D eigenvalue weighted by Gasteiger charge is -2.13. The molecule has 0 fully saturated rings. The van der Waals surface area contributed by atoms with Crippen LogP contribution in [0.4, 0.5) is 0 Å². The second-order valence-electron chi connectivity index (χ2n) is 3.29. The van der Waals surface area contributed by atoms with E-state index < -0.39 is 17.9 Å². The first-order valence-electron chi connectivity index (χ1n) is 5.01. The molecule has 1 aromatic rings. The molecule has 0 spiro atoms. The van der Waals surface area contributed by atoms with E-state index >= 15 is 0 Å². The summed E-state index contributed by atoms with van der Waals surface area (Å²) in [6.07, 6.45) is -0.731. The molecule has 0 bridgehead atoms. The van der Waals surface area contributed by atoms with Crippen molar-refractivity contribution in [2.75, 3.05) is 6.61 Å². The van der Waals surface area contributed by atoms with E-state index in [1.807, 2.05) is 6.07 Å². The van der Waals surface area contributed by atoms with Crippen LogP contribution in [0.15, 0.2) is 30.3 Å². The molecule has 0 aliphatic carbocycles. The van der Waals surface area contributed by atoms with E-state index in [-0.39, 0.29) is 6.61 Å². The maximum atomic E-state index is 11.4. The molecule has 92 valence electrons. The smallest absolute Gasteiger partial charge is 0.284 e. The van der Waals surface area contributed by atoms with Gasteiger partial charge >= 0.3 is 0 Å². The van der Waals surface area contributed by atoms with Crippen LogP contribution >= 0.6 is 0 Å². The summed E-state index contributed by atoms with van der Waals surface area (Å²) in [4.78, 5) is 26.3. The molecule has 0 saturated carbocycles. The number of nitrogens with one attached hydrogen (secondary N) is 1. The minimum atomic E-state index is -0.731. The summed E-state index contributed by atoms with van der Waals surface area (Å²) in [5.74, 6) is -0.581. The van der Waals surface area contributed by atoms with Gasteiger partial charge in [0.05, 0.1) is 0 Å². The Morgan fingerprint density at radius 3 is 2.59 bits per heavy atom. The van der Waals surface area contributed by atoms with Crippen LogP contribution in [-0.4, -0.2) is 24.5 Å². The Hall–Kier alpha value is -2.08. The van der Waals surface area contributed by atoms with E-state index in [1.54, 1.807) is 31.2 Å². The van der Waals surface area contributed by atoms with Crippen LogP contribution in [0.5, 0.6) is 5.75 Å². The summed E-state index contributed by atoms with van der Waals surface area (Å²) in [5, 5.41) is 0. The normalized spacial score (nSPS) is 11.6. The van der Waals surface area contributed by atoms with Crippen molar-refractivity contribution in [3.8, 4) is 5.75 Å². The van der Waals surface area contributed by atoms with Gasteiger partial charge in [-0.25, -0.2) is 5.48 Å². The van der Waals surface area contributed by atoms with Crippen LogP contribution < -0.4 is 16.0 Å². The third kappa shape index (κ3) is 4.98. The van der Waals surface area contributed by atoms with Crippen molar-refractivity contribution in [3.05, 3.63) is 30.3 Å². The molecule has 6 heteroatoms. The second-order valence-corrected chi connectivity index (χ2v) is 3.29. The van der Waals surface area contributed by atoms with E-state index in [4.69, 9.17) is 10.5 Å². The fraction of sp³-hybridized carbons (Fsp3) is 0.273. The number of hydroxylamine groups is 1. The van der Waals surface area contributed by atoms with Crippen molar-refractivity contribution in [3.63, 3.8) is 0 Å². The molecular weight excluding hydrogens is 224 g/mol. The minimum Gasteiger partial charge on any atom is -0.481 e. The number of primary amides is 1. The summed E-state index contributed by atoms with van der Waals surface area (Å²) in [6.45, 7) is 1.19. The van der Waals surface area contributed by atoms with Gasteiger partial charge in [-0.2, -0.15) is 0 Å². The molecule has 3 N–H and O–H groups in total. The van der Waals surface area contributed by atoms with Crippen molar-refractivity contribution >= 4 is 11.8 Å². The van der Waals surface area contributed by atoms with Crippen LogP contribution in [0, 0.1) is 0 Å². The Labute approximate surface area is 98.7 Å². The zero-order valence-electron chi connectivity index (χ0n) is 9.38. The largest absolute Gasteiger partial charge is 0.481 e. The highest BCUT2D eigenvalue weighted by atomic mass is 16.7. The molecule has 0 saturated heterocycles. The molecule has 0 aliphatic rings. The van der Waals surface area contributed by atoms with Gasteiger partial charge < -0.3 is 10.5 Å². The quantitative estimate of drug-likeness (QED) is 0.682. The Morgan fingerprint density at radius 1 is 1.35 bits per heavy atom. The number of para-hydroxylation sites is 1. The molecule has 1 rings (SSSR count). The average molecular weight is 238 g/mol. The van der Waals surface area contributed by atoms with Crippen molar-refractivity contribution < 1.29 is 19.2 Å². The lowest BCUT2D eigenvalue weighted by molar-refractivity contribution is -0.143. The van der Waals surface area contributed by atoms with Gasteiger partial charge in [0.15, 0.2) is 12.7 Å². The van der Waals surface area contributed by atoms with Gasteiger partial charge in [0.1, 0.15) is 5.75 Å². The van der Waals surface area contributed by atoms with Crippen LogP contribution in [0.25, 0.3) is 0 Å². The van der Waals surface area contributed by atoms with E-state index in [0.717, 1.165) is 0 Å². The van der Waals surface area contributed by atoms with Crippen molar-refractivity contribution in [1.82, 2.24) is 5.48 Å². The number of amides is 2. The van der Waals surface area contributed by atoms with E-state index in [9.17, 15) is 9.59 Å². The lowest BCUT2D eigenvalue weighted by atomic mass is 10.3. The topological polar surface area (TPSA) is 90.7 Å². The summed E-state index contributed by atoms with van der Waals surface area (Å²) >= 11 is 0. The van der Waals surface area contributed by atoms with Crippen LogP contribution in [-0.2, 0) is 14.4 Å². The standard InChI is InChI=1S/C11H14N2O4/c1-8(11(15)13-16-7-10(12)14)17-9-5-3-2-4-6-9/h2-6,8H,7H2,1H3,(H2,12,14)(H,13,15). The fourth-order valence-corrected chi connectivity index (χ4v) is 1.02. The molecule has 1 unspecified atom stereocenters. The number of ether oxygens (including phenoxy) is 1. The van der Waals surface area contributed by atoms with Gasteiger partial charge in [-0.1, -0.05) is 18.2 Å². The molecule has 0 aliphatic heterocycles. The molecule has 1 atom stereocenters. The zero-order valence-corrected chi connectivity index (χ0v) is 9.38. The number of hydrogen-bond donors (Lipinski definition) is 2. The van der Waals surface area contributed by atoms with Gasteiger partial charge in [-0.05, 0) is 19.1 Å². The summed E-state index contributed by atoms with van der Waals surface area (Å²) < 4.78 is 5.33. The van der Waals surface area contributed by atoms with E-state index in [0.29, 0.717) is 5.75 Å². The summed E-state index contributed by atoms with van der Waals surface area (Å²) in [6, 6.07) is 8.89. The SMILES string of the molecule is CC(Oc1ccccc1)C(=O)NOCC(N)=O. The van der Waals surface area contributed by atoms with Crippen molar-refractivity contribution in [2.24, 2.45) is 5.73 Å². The molecule has 0 aromatic heterocycles. The highest BCUT2D eigenvalue weighted by molar-refractivity contribution is 5.80. The predicted octanol–water partition coefficient (Wildman–Crippen LogP) is -0.0130. The number of carbonyl (C=O) groups is 2. The number of hydrogen-bond acceptors (Lipinski definition) is 4. The number of nitrogens with two attached hydrogens (primary N) is 1. The minimum absolute atomic E-state index is 0.371. The second kappa shape index (κ2) is 6.49. The maximum absolute atomic E-state index is 11.4. The van der Waals surface area contributed by atoms with Gasteiger partial charge in [0.25, 0.3) is 5.91 Å². The van der Waals surface area contributed by atoms with Crippen LogP contribution in [0.2, 0.25) is 0 Å². The monoisotopic (exact) mass is 238 g/mol. The van der Waals surface area contributed by atoms with Gasteiger partial charge in [0, 0.05) is 0 Å². The van der Waals surface area contributed by atoms with Crippen molar-refractivity contribution in [2.45, 2.75) is 13.0 Å². The molecule has 2 amide bonds. The lowest BCUT2D eigenvalue weighted by Crippen LogP contribution is -2.38. The first kappa shape index (κ1) is 13.0. The third-order valence-electron chi connectivity index (χ3n) is 1.81. The number of rotatable bonds is 6. The zero-order chi connectivity index (χ0) is 12.7. The average Bonchev–Trinajstić information content (AvgIpc) is 2.29. The van der Waals surface area contributed by atoms with Crippen molar-refractivity contribution in [1.29, 1.82) is 0 Å². The Kier molecular flexibility index (Phi) is 4.96. The van der Waals surface area contributed by atoms with Crippen LogP contribution in [0.1, 0.15) is 6.92 Å². The Morgan fingerprint density at radius 2 is 2.00 bits per heavy atom. The molecule has 0 radical (unpaired) electrons. The maximum Gasteiger partial charge on any atom is 0.284 e. The molecule has 6 nitrogen and oxygen atoms in total. The molecule has 1 aromatic carbocycles. The van der Waals surface area contributed by atoms with E-state index in [1.165, 1.54) is 0 Å². The van der Waals surface area contributed by atoms with Crippen LogP contribution in [0.3, 0.4) is 0 Å².